The molecule has 23 heavy (non-hydrogen) atoms. The van der Waals surface area contributed by atoms with Crippen molar-refractivity contribution in [1.82, 2.24) is 5.32 Å². The molecule has 1 N–H and O–H groups in total. The first-order chi connectivity index (χ1) is 11.2. The summed E-state index contributed by atoms with van der Waals surface area (Å²) >= 11 is 0. The van der Waals surface area contributed by atoms with Gasteiger partial charge in [-0.15, -0.1) is 0 Å². The van der Waals surface area contributed by atoms with E-state index in [1.54, 1.807) is 0 Å². The van der Waals surface area contributed by atoms with Gasteiger partial charge in [0, 0.05) is 17.9 Å². The van der Waals surface area contributed by atoms with Crippen LogP contribution in [0.15, 0.2) is 60.7 Å². The molecule has 1 fully saturated rings. The maximum atomic E-state index is 12.6. The molecule has 2 nitrogen and oxygen atoms in total. The summed E-state index contributed by atoms with van der Waals surface area (Å²) in [6, 6.07) is 20.9. The number of hydrogen-bond donors (Lipinski definition) is 1. The molecule has 0 atom stereocenters. The maximum Gasteiger partial charge on any atom is 0.225 e. The highest BCUT2D eigenvalue weighted by Gasteiger charge is 2.36. The summed E-state index contributed by atoms with van der Waals surface area (Å²) in [4.78, 5) is 12.6. The highest BCUT2D eigenvalue weighted by Crippen LogP contribution is 2.37. The van der Waals surface area contributed by atoms with E-state index in [9.17, 15) is 4.79 Å². The predicted molar refractivity (Wildman–Crippen MR) is 94.3 cm³/mol. The minimum atomic E-state index is -0.169. The third kappa shape index (κ3) is 3.64. The highest BCUT2D eigenvalue weighted by atomic mass is 16.2. The van der Waals surface area contributed by atoms with Gasteiger partial charge in [-0.3, -0.25) is 4.79 Å². The number of hydrogen-bond acceptors (Lipinski definition) is 1. The first-order valence-electron chi connectivity index (χ1n) is 8.57. The molecule has 0 aromatic heterocycles. The largest absolute Gasteiger partial charge is 0.355 e. The van der Waals surface area contributed by atoms with Gasteiger partial charge in [-0.25, -0.2) is 0 Å². The third-order valence-corrected chi connectivity index (χ3v) is 5.13. The molecule has 2 heteroatoms. The number of rotatable bonds is 5. The first kappa shape index (κ1) is 15.8. The number of benzene rings is 2. The maximum absolute atomic E-state index is 12.6. The fourth-order valence-electron chi connectivity index (χ4n) is 3.59. The zero-order valence-corrected chi connectivity index (χ0v) is 13.8. The van der Waals surface area contributed by atoms with Crippen LogP contribution >= 0.6 is 0 Å². The Hall–Kier alpha value is -2.09. The Morgan fingerprint density at radius 2 is 1.43 bits per heavy atom. The van der Waals surface area contributed by atoms with E-state index in [0.29, 0.717) is 6.54 Å². The second-order valence-electron chi connectivity index (χ2n) is 6.85. The average Bonchev–Trinajstić information content (AvgIpc) is 3.05. The Bertz CT molecular complexity index is 590. The fraction of sp³-hybridized carbons (Fsp3) is 0.381. The van der Waals surface area contributed by atoms with Gasteiger partial charge in [-0.05, 0) is 24.0 Å². The lowest BCUT2D eigenvalue weighted by Gasteiger charge is -2.25. The molecule has 2 aromatic carbocycles. The molecule has 1 saturated carbocycles. The standard InChI is InChI=1S/C21H25NO/c1-21(14-8-9-15-21)20(23)22-16-19(17-10-4-2-5-11-17)18-12-6-3-7-13-18/h2-7,10-13,19H,8-9,14-16H2,1H3,(H,22,23). The lowest BCUT2D eigenvalue weighted by molar-refractivity contribution is -0.129. The van der Waals surface area contributed by atoms with Gasteiger partial charge >= 0.3 is 0 Å². The SMILES string of the molecule is CC1(C(=O)NCC(c2ccccc2)c2ccccc2)CCCC1. The summed E-state index contributed by atoms with van der Waals surface area (Å²) in [5.74, 6) is 0.415. The Morgan fingerprint density at radius 1 is 0.957 bits per heavy atom. The molecule has 2 aromatic rings. The predicted octanol–water partition coefficient (Wildman–Crippen LogP) is 4.52. The minimum absolute atomic E-state index is 0.169. The lowest BCUT2D eigenvalue weighted by Crippen LogP contribution is -2.39. The van der Waals surface area contributed by atoms with Gasteiger partial charge in [0.05, 0.1) is 0 Å². The Kier molecular flexibility index (Phi) is 4.80. The van der Waals surface area contributed by atoms with Gasteiger partial charge in [0.25, 0.3) is 0 Å². The Balaban J connectivity index is 1.76. The van der Waals surface area contributed by atoms with Crippen molar-refractivity contribution in [3.8, 4) is 0 Å². The van der Waals surface area contributed by atoms with Crippen LogP contribution in [0.1, 0.15) is 49.7 Å². The molecule has 0 aliphatic heterocycles. The van der Waals surface area contributed by atoms with Gasteiger partial charge in [0.15, 0.2) is 0 Å². The molecule has 0 unspecified atom stereocenters. The molecule has 0 bridgehead atoms. The van der Waals surface area contributed by atoms with E-state index in [1.807, 2.05) is 12.1 Å². The van der Waals surface area contributed by atoms with E-state index in [-0.39, 0.29) is 17.2 Å². The van der Waals surface area contributed by atoms with E-state index in [0.717, 1.165) is 12.8 Å². The molecule has 0 spiro atoms. The molecule has 3 rings (SSSR count). The number of amides is 1. The van der Waals surface area contributed by atoms with E-state index in [2.05, 4.69) is 60.8 Å². The summed E-state index contributed by atoms with van der Waals surface area (Å²) < 4.78 is 0. The third-order valence-electron chi connectivity index (χ3n) is 5.13. The Morgan fingerprint density at radius 3 is 1.91 bits per heavy atom. The molecule has 1 aliphatic rings. The quantitative estimate of drug-likeness (QED) is 0.865. The number of carbonyl (C=O) groups is 1. The molecule has 0 saturated heterocycles. The second kappa shape index (κ2) is 6.99. The average molecular weight is 307 g/mol. The van der Waals surface area contributed by atoms with Gasteiger partial charge in [0.1, 0.15) is 0 Å². The molecule has 0 radical (unpaired) electrons. The van der Waals surface area contributed by atoms with Crippen LogP contribution in [0.2, 0.25) is 0 Å². The van der Waals surface area contributed by atoms with Crippen LogP contribution in [0.25, 0.3) is 0 Å². The van der Waals surface area contributed by atoms with Crippen molar-refractivity contribution in [2.75, 3.05) is 6.54 Å². The van der Waals surface area contributed by atoms with Crippen LogP contribution in [0.3, 0.4) is 0 Å². The monoisotopic (exact) mass is 307 g/mol. The van der Waals surface area contributed by atoms with Crippen molar-refractivity contribution in [3.05, 3.63) is 71.8 Å². The minimum Gasteiger partial charge on any atom is -0.355 e. The van der Waals surface area contributed by atoms with Gasteiger partial charge in [0.2, 0.25) is 5.91 Å². The van der Waals surface area contributed by atoms with Crippen molar-refractivity contribution < 1.29 is 4.79 Å². The molecule has 0 heterocycles. The summed E-state index contributed by atoms with van der Waals surface area (Å²) in [6.45, 7) is 2.76. The van der Waals surface area contributed by atoms with E-state index < -0.39 is 0 Å². The molecular formula is C21H25NO. The topological polar surface area (TPSA) is 29.1 Å². The fourth-order valence-corrected chi connectivity index (χ4v) is 3.59. The highest BCUT2D eigenvalue weighted by molar-refractivity contribution is 5.82. The summed E-state index contributed by atoms with van der Waals surface area (Å²) in [5, 5.41) is 3.22. The molecular weight excluding hydrogens is 282 g/mol. The lowest BCUT2D eigenvalue weighted by atomic mass is 9.86. The second-order valence-corrected chi connectivity index (χ2v) is 6.85. The zero-order valence-electron chi connectivity index (χ0n) is 13.8. The van der Waals surface area contributed by atoms with Crippen molar-refractivity contribution in [2.45, 2.75) is 38.5 Å². The van der Waals surface area contributed by atoms with Crippen LogP contribution < -0.4 is 5.32 Å². The van der Waals surface area contributed by atoms with Crippen molar-refractivity contribution in [1.29, 1.82) is 0 Å². The number of nitrogens with one attached hydrogen (secondary N) is 1. The van der Waals surface area contributed by atoms with Crippen LogP contribution in [0, 0.1) is 5.41 Å². The van der Waals surface area contributed by atoms with Crippen molar-refractivity contribution >= 4 is 5.91 Å². The summed E-state index contributed by atoms with van der Waals surface area (Å²) in [7, 11) is 0. The van der Waals surface area contributed by atoms with Crippen LogP contribution in [-0.2, 0) is 4.79 Å². The summed E-state index contributed by atoms with van der Waals surface area (Å²) in [5.41, 5.74) is 2.32. The Labute approximate surface area is 138 Å². The smallest absolute Gasteiger partial charge is 0.225 e. The van der Waals surface area contributed by atoms with Gasteiger partial charge < -0.3 is 5.32 Å². The zero-order chi connectivity index (χ0) is 16.1. The van der Waals surface area contributed by atoms with Gasteiger partial charge in [-0.1, -0.05) is 80.4 Å². The molecule has 1 aliphatic carbocycles. The summed E-state index contributed by atoms with van der Waals surface area (Å²) in [6.07, 6.45) is 4.37. The van der Waals surface area contributed by atoms with E-state index in [4.69, 9.17) is 0 Å². The van der Waals surface area contributed by atoms with Gasteiger partial charge in [-0.2, -0.15) is 0 Å². The van der Waals surface area contributed by atoms with Crippen LogP contribution in [0.5, 0.6) is 0 Å². The molecule has 1 amide bonds. The first-order valence-corrected chi connectivity index (χ1v) is 8.57. The number of carbonyl (C=O) groups excluding carboxylic acids is 1. The van der Waals surface area contributed by atoms with Crippen molar-refractivity contribution in [3.63, 3.8) is 0 Å². The van der Waals surface area contributed by atoms with Crippen LogP contribution in [0.4, 0.5) is 0 Å². The van der Waals surface area contributed by atoms with E-state index in [1.165, 1.54) is 24.0 Å². The van der Waals surface area contributed by atoms with Crippen LogP contribution in [-0.4, -0.2) is 12.5 Å². The molecule has 120 valence electrons. The normalized spacial score (nSPS) is 16.4. The van der Waals surface area contributed by atoms with E-state index >= 15 is 0 Å². The van der Waals surface area contributed by atoms with Crippen molar-refractivity contribution in [2.24, 2.45) is 5.41 Å².